The minimum Gasteiger partial charge on any atom is -0.493 e. The van der Waals surface area contributed by atoms with Gasteiger partial charge >= 0.3 is 0 Å². The number of anilines is 1. The lowest BCUT2D eigenvalue weighted by atomic mass is 10.1. The van der Waals surface area contributed by atoms with Crippen molar-refractivity contribution in [3.63, 3.8) is 0 Å². The summed E-state index contributed by atoms with van der Waals surface area (Å²) < 4.78 is 10.9. The van der Waals surface area contributed by atoms with Gasteiger partial charge in [0, 0.05) is 11.6 Å². The summed E-state index contributed by atoms with van der Waals surface area (Å²) in [6, 6.07) is 19.1. The van der Waals surface area contributed by atoms with Crippen molar-refractivity contribution in [2.75, 3.05) is 12.4 Å². The Kier molecular flexibility index (Phi) is 5.11. The van der Waals surface area contributed by atoms with Crippen LogP contribution in [0.5, 0.6) is 17.4 Å². The predicted octanol–water partition coefficient (Wildman–Crippen LogP) is 4.01. The summed E-state index contributed by atoms with van der Waals surface area (Å²) in [7, 11) is 1.57. The quantitative estimate of drug-likeness (QED) is 0.755. The highest BCUT2D eigenvalue weighted by atomic mass is 16.5. The fraction of sp³-hybridized carbons (Fsp3) is 0.0500. The van der Waals surface area contributed by atoms with Crippen molar-refractivity contribution in [2.45, 2.75) is 0 Å². The monoisotopic (exact) mass is 345 g/mol. The van der Waals surface area contributed by atoms with Crippen LogP contribution in [0.4, 0.5) is 5.69 Å². The average molecular weight is 345 g/mol. The number of methoxy groups -OCH3 is 1. The second-order valence-electron chi connectivity index (χ2n) is 5.28. The van der Waals surface area contributed by atoms with Crippen molar-refractivity contribution in [3.05, 3.63) is 78.0 Å². The fourth-order valence-corrected chi connectivity index (χ4v) is 2.26. The van der Waals surface area contributed by atoms with E-state index < -0.39 is 0 Å². The maximum atomic E-state index is 12.2. The molecule has 2 aromatic carbocycles. The fourth-order valence-electron chi connectivity index (χ4n) is 2.26. The van der Waals surface area contributed by atoms with E-state index in [0.29, 0.717) is 34.2 Å². The van der Waals surface area contributed by atoms with Crippen LogP contribution in [0.25, 0.3) is 0 Å². The molecule has 1 amide bonds. The number of ether oxygens (including phenoxy) is 2. The highest BCUT2D eigenvalue weighted by Crippen LogP contribution is 2.30. The molecule has 1 aromatic heterocycles. The first-order valence-corrected chi connectivity index (χ1v) is 7.78. The van der Waals surface area contributed by atoms with Crippen molar-refractivity contribution < 1.29 is 14.3 Å². The van der Waals surface area contributed by atoms with Crippen LogP contribution in [0.2, 0.25) is 0 Å². The summed E-state index contributed by atoms with van der Waals surface area (Å²) in [5.41, 5.74) is 1.35. The van der Waals surface area contributed by atoms with Gasteiger partial charge in [0.25, 0.3) is 5.91 Å². The van der Waals surface area contributed by atoms with Crippen molar-refractivity contribution in [2.24, 2.45) is 0 Å². The third-order valence-electron chi connectivity index (χ3n) is 3.53. The normalized spacial score (nSPS) is 9.85. The maximum Gasteiger partial charge on any atom is 0.255 e. The highest BCUT2D eigenvalue weighted by molar-refractivity contribution is 6.04. The van der Waals surface area contributed by atoms with Gasteiger partial charge in [-0.3, -0.25) is 4.79 Å². The molecule has 0 atom stereocenters. The lowest BCUT2D eigenvalue weighted by molar-refractivity contribution is 0.102. The van der Waals surface area contributed by atoms with Gasteiger partial charge in [-0.2, -0.15) is 5.26 Å². The molecule has 0 aliphatic heterocycles. The molecule has 0 radical (unpaired) electrons. The average Bonchev–Trinajstić information content (AvgIpc) is 2.70. The Bertz CT molecular complexity index is 963. The zero-order valence-electron chi connectivity index (χ0n) is 14.0. The van der Waals surface area contributed by atoms with E-state index in [1.54, 1.807) is 49.6 Å². The Balaban J connectivity index is 1.69. The van der Waals surface area contributed by atoms with E-state index in [0.717, 1.165) is 0 Å². The molecule has 0 unspecified atom stereocenters. The molecule has 0 fully saturated rings. The first kappa shape index (κ1) is 17.0. The smallest absolute Gasteiger partial charge is 0.255 e. The van der Waals surface area contributed by atoms with Gasteiger partial charge in [-0.05, 0) is 36.4 Å². The molecule has 0 bridgehead atoms. The summed E-state index contributed by atoms with van der Waals surface area (Å²) in [4.78, 5) is 16.4. The van der Waals surface area contributed by atoms with E-state index in [2.05, 4.69) is 10.3 Å². The number of aromatic nitrogens is 1. The predicted molar refractivity (Wildman–Crippen MR) is 96.4 cm³/mol. The molecule has 0 spiro atoms. The molecular weight excluding hydrogens is 330 g/mol. The minimum atomic E-state index is -0.317. The molecule has 3 aromatic rings. The van der Waals surface area contributed by atoms with Crippen LogP contribution in [0, 0.1) is 11.3 Å². The number of hydrogen-bond acceptors (Lipinski definition) is 5. The largest absolute Gasteiger partial charge is 0.493 e. The number of nitrogens with zero attached hydrogens (tertiary/aromatic N) is 2. The van der Waals surface area contributed by atoms with Crippen LogP contribution >= 0.6 is 0 Å². The summed E-state index contributed by atoms with van der Waals surface area (Å²) in [6.07, 6.45) is 1.50. The molecular formula is C20H15N3O3. The van der Waals surface area contributed by atoms with Crippen LogP contribution in [0.3, 0.4) is 0 Å². The van der Waals surface area contributed by atoms with Gasteiger partial charge < -0.3 is 14.8 Å². The van der Waals surface area contributed by atoms with Crippen LogP contribution in [0.15, 0.2) is 66.9 Å². The van der Waals surface area contributed by atoms with Gasteiger partial charge in [0.2, 0.25) is 5.88 Å². The van der Waals surface area contributed by atoms with Crippen LogP contribution in [-0.2, 0) is 0 Å². The number of carbonyl (C=O) groups is 1. The molecule has 1 heterocycles. The second-order valence-corrected chi connectivity index (χ2v) is 5.28. The van der Waals surface area contributed by atoms with E-state index >= 15 is 0 Å². The SMILES string of the molecule is COc1ccccc1Oc1ccc(NC(=O)c2cccc(C#N)c2)cn1. The van der Waals surface area contributed by atoms with Crippen molar-refractivity contribution in [1.29, 1.82) is 5.26 Å². The second kappa shape index (κ2) is 7.81. The number of nitriles is 1. The van der Waals surface area contributed by atoms with Crippen molar-refractivity contribution >= 4 is 11.6 Å². The Labute approximate surface area is 150 Å². The van der Waals surface area contributed by atoms with Gasteiger partial charge in [-0.15, -0.1) is 0 Å². The number of nitrogens with one attached hydrogen (secondary N) is 1. The van der Waals surface area contributed by atoms with Crippen LogP contribution in [0.1, 0.15) is 15.9 Å². The molecule has 3 rings (SSSR count). The van der Waals surface area contributed by atoms with Crippen molar-refractivity contribution in [3.8, 4) is 23.4 Å². The molecule has 0 aliphatic rings. The van der Waals surface area contributed by atoms with E-state index in [1.165, 1.54) is 12.3 Å². The molecule has 1 N–H and O–H groups in total. The van der Waals surface area contributed by atoms with Crippen molar-refractivity contribution in [1.82, 2.24) is 4.98 Å². The van der Waals surface area contributed by atoms with Gasteiger partial charge in [0.15, 0.2) is 11.5 Å². The number of pyridine rings is 1. The molecule has 0 saturated carbocycles. The molecule has 0 aliphatic carbocycles. The summed E-state index contributed by atoms with van der Waals surface area (Å²) >= 11 is 0. The molecule has 0 saturated heterocycles. The molecule has 26 heavy (non-hydrogen) atoms. The Morgan fingerprint density at radius 3 is 2.58 bits per heavy atom. The standard InChI is InChI=1S/C20H15N3O3/c1-25-17-7-2-3-8-18(17)26-19-10-9-16(13-22-19)23-20(24)15-6-4-5-14(11-15)12-21/h2-11,13H,1H3,(H,23,24). The Morgan fingerprint density at radius 1 is 1.08 bits per heavy atom. The number of para-hydroxylation sites is 2. The molecule has 6 heteroatoms. The highest BCUT2D eigenvalue weighted by Gasteiger charge is 2.09. The van der Waals surface area contributed by atoms with E-state index in [1.807, 2.05) is 18.2 Å². The topological polar surface area (TPSA) is 84.2 Å². The number of amides is 1. The first-order chi connectivity index (χ1) is 12.7. The van der Waals surface area contributed by atoms with E-state index in [9.17, 15) is 4.79 Å². The Hall–Kier alpha value is -3.85. The molecule has 128 valence electrons. The molecule has 6 nitrogen and oxygen atoms in total. The summed E-state index contributed by atoms with van der Waals surface area (Å²) in [5, 5.41) is 11.6. The minimum absolute atomic E-state index is 0.317. The first-order valence-electron chi connectivity index (χ1n) is 7.78. The summed E-state index contributed by atoms with van der Waals surface area (Å²) in [6.45, 7) is 0. The number of hydrogen-bond donors (Lipinski definition) is 1. The Morgan fingerprint density at radius 2 is 1.88 bits per heavy atom. The number of rotatable bonds is 5. The maximum absolute atomic E-state index is 12.2. The zero-order valence-corrected chi connectivity index (χ0v) is 14.0. The van der Waals surface area contributed by atoms with Crippen LogP contribution < -0.4 is 14.8 Å². The lowest BCUT2D eigenvalue weighted by Gasteiger charge is -2.10. The van der Waals surface area contributed by atoms with E-state index in [4.69, 9.17) is 14.7 Å². The summed E-state index contributed by atoms with van der Waals surface area (Å²) in [5.74, 6) is 1.21. The van der Waals surface area contributed by atoms with Gasteiger partial charge in [0.05, 0.1) is 30.6 Å². The lowest BCUT2D eigenvalue weighted by Crippen LogP contribution is -2.12. The third-order valence-corrected chi connectivity index (χ3v) is 3.53. The van der Waals surface area contributed by atoms with Gasteiger partial charge in [-0.1, -0.05) is 18.2 Å². The van der Waals surface area contributed by atoms with Crippen LogP contribution in [-0.4, -0.2) is 18.0 Å². The van der Waals surface area contributed by atoms with Gasteiger partial charge in [-0.25, -0.2) is 4.98 Å². The van der Waals surface area contributed by atoms with Gasteiger partial charge in [0.1, 0.15) is 0 Å². The number of carbonyl (C=O) groups excluding carboxylic acids is 1. The number of benzene rings is 2. The third kappa shape index (κ3) is 3.97. The zero-order chi connectivity index (χ0) is 18.4. The van der Waals surface area contributed by atoms with E-state index in [-0.39, 0.29) is 5.91 Å².